The highest BCUT2D eigenvalue weighted by Crippen LogP contribution is 2.07. The fraction of sp³-hybridized carbons (Fsp3) is 0.875. The Balaban J connectivity index is 3.22. The number of carbonyl (C=O) groups is 1. The van der Waals surface area contributed by atoms with Crippen molar-refractivity contribution in [3.05, 3.63) is 0 Å². The number of nitrogens with one attached hydrogen (secondary N) is 2. The van der Waals surface area contributed by atoms with Crippen LogP contribution in [0.25, 0.3) is 0 Å². The summed E-state index contributed by atoms with van der Waals surface area (Å²) in [6.45, 7) is 5.73. The van der Waals surface area contributed by atoms with Crippen LogP contribution in [0.3, 0.4) is 0 Å². The van der Waals surface area contributed by atoms with Crippen LogP contribution in [0.5, 0.6) is 0 Å². The maximum absolute atomic E-state index is 11.1. The minimum absolute atomic E-state index is 0.129. The Labute approximate surface area is 78.7 Å². The van der Waals surface area contributed by atoms with Gasteiger partial charge in [0.05, 0.1) is 5.75 Å². The Kier molecular flexibility index (Phi) is 7.29. The topological polar surface area (TPSA) is 41.1 Å². The van der Waals surface area contributed by atoms with Crippen molar-refractivity contribution in [3.63, 3.8) is 0 Å². The van der Waals surface area contributed by atoms with E-state index in [1.807, 2.05) is 7.05 Å². The molecule has 0 aromatic rings. The van der Waals surface area contributed by atoms with Crippen LogP contribution >= 0.6 is 11.8 Å². The van der Waals surface area contributed by atoms with Crippen LogP contribution in [-0.4, -0.2) is 37.0 Å². The number of rotatable bonds is 6. The summed E-state index contributed by atoms with van der Waals surface area (Å²) in [6, 6.07) is 0. The molecular weight excluding hydrogens is 172 g/mol. The van der Waals surface area contributed by atoms with Gasteiger partial charge in [0.15, 0.2) is 0 Å². The van der Waals surface area contributed by atoms with Crippen molar-refractivity contribution in [1.82, 2.24) is 10.6 Å². The number of likely N-dealkylation sites (N-methyl/N-ethyl adjacent to an activating group) is 1. The second kappa shape index (κ2) is 7.43. The van der Waals surface area contributed by atoms with E-state index in [0.717, 1.165) is 6.54 Å². The van der Waals surface area contributed by atoms with E-state index < -0.39 is 0 Å². The molecule has 0 aliphatic carbocycles. The van der Waals surface area contributed by atoms with E-state index in [9.17, 15) is 4.79 Å². The van der Waals surface area contributed by atoms with Gasteiger partial charge in [0.1, 0.15) is 0 Å². The second-order valence-corrected chi connectivity index (χ2v) is 4.38. The fourth-order valence-electron chi connectivity index (χ4n) is 0.620. The van der Waals surface area contributed by atoms with Crippen molar-refractivity contribution in [2.75, 3.05) is 25.9 Å². The van der Waals surface area contributed by atoms with Crippen LogP contribution in [0, 0.1) is 0 Å². The van der Waals surface area contributed by atoms with E-state index in [1.165, 1.54) is 0 Å². The second-order valence-electron chi connectivity index (χ2n) is 2.81. The van der Waals surface area contributed by atoms with Crippen molar-refractivity contribution in [2.45, 2.75) is 19.1 Å². The normalized spacial score (nSPS) is 10.3. The molecule has 0 fully saturated rings. The van der Waals surface area contributed by atoms with Crippen LogP contribution in [0.2, 0.25) is 0 Å². The largest absolute Gasteiger partial charge is 0.354 e. The third-order valence-corrected chi connectivity index (χ3v) is 2.34. The van der Waals surface area contributed by atoms with Crippen molar-refractivity contribution in [1.29, 1.82) is 0 Å². The van der Waals surface area contributed by atoms with Gasteiger partial charge in [-0.05, 0) is 12.3 Å². The van der Waals surface area contributed by atoms with Gasteiger partial charge in [0.2, 0.25) is 5.91 Å². The van der Waals surface area contributed by atoms with Gasteiger partial charge in [-0.1, -0.05) is 13.8 Å². The molecule has 0 saturated carbocycles. The molecule has 0 bridgehead atoms. The lowest BCUT2D eigenvalue weighted by molar-refractivity contribution is -0.118. The summed E-state index contributed by atoms with van der Waals surface area (Å²) in [5.74, 6) is 0.699. The molecule has 0 atom stereocenters. The third-order valence-electron chi connectivity index (χ3n) is 1.24. The highest BCUT2D eigenvalue weighted by atomic mass is 32.2. The average molecular weight is 190 g/mol. The Bertz CT molecular complexity index is 128. The quantitative estimate of drug-likeness (QED) is 0.598. The minimum Gasteiger partial charge on any atom is -0.354 e. The predicted octanol–water partition coefficient (Wildman–Crippen LogP) is 0.464. The molecule has 0 radical (unpaired) electrons. The summed E-state index contributed by atoms with van der Waals surface area (Å²) in [6.07, 6.45) is 0. The SMILES string of the molecule is CNCCNC(=O)CSC(C)C. The van der Waals surface area contributed by atoms with Gasteiger partial charge < -0.3 is 10.6 Å². The Morgan fingerprint density at radius 1 is 1.42 bits per heavy atom. The molecule has 2 N–H and O–H groups in total. The van der Waals surface area contributed by atoms with E-state index in [0.29, 0.717) is 17.5 Å². The van der Waals surface area contributed by atoms with E-state index in [1.54, 1.807) is 11.8 Å². The standard InChI is InChI=1S/C8H18N2OS/c1-7(2)12-6-8(11)10-5-4-9-3/h7,9H,4-6H2,1-3H3,(H,10,11). The Morgan fingerprint density at radius 3 is 2.58 bits per heavy atom. The third kappa shape index (κ3) is 7.88. The van der Waals surface area contributed by atoms with Gasteiger partial charge >= 0.3 is 0 Å². The van der Waals surface area contributed by atoms with Crippen molar-refractivity contribution in [3.8, 4) is 0 Å². The molecular formula is C8H18N2OS. The first kappa shape index (κ1) is 11.8. The zero-order chi connectivity index (χ0) is 9.40. The van der Waals surface area contributed by atoms with Crippen molar-refractivity contribution >= 4 is 17.7 Å². The summed E-state index contributed by atoms with van der Waals surface area (Å²) < 4.78 is 0. The van der Waals surface area contributed by atoms with Crippen molar-refractivity contribution < 1.29 is 4.79 Å². The molecule has 0 heterocycles. The number of amides is 1. The van der Waals surface area contributed by atoms with Gasteiger partial charge in [0.25, 0.3) is 0 Å². The van der Waals surface area contributed by atoms with Gasteiger partial charge in [-0.15, -0.1) is 11.8 Å². The zero-order valence-electron chi connectivity index (χ0n) is 8.02. The molecule has 0 spiro atoms. The van der Waals surface area contributed by atoms with Crippen LogP contribution in [0.1, 0.15) is 13.8 Å². The lowest BCUT2D eigenvalue weighted by atomic mass is 10.6. The van der Waals surface area contributed by atoms with Gasteiger partial charge in [-0.2, -0.15) is 0 Å². The summed E-state index contributed by atoms with van der Waals surface area (Å²) in [7, 11) is 1.87. The Hall–Kier alpha value is -0.220. The molecule has 0 aromatic carbocycles. The van der Waals surface area contributed by atoms with Crippen LogP contribution in [-0.2, 0) is 4.79 Å². The molecule has 4 heteroatoms. The Morgan fingerprint density at radius 2 is 2.08 bits per heavy atom. The van der Waals surface area contributed by atoms with Gasteiger partial charge in [-0.25, -0.2) is 0 Å². The molecule has 0 aromatic heterocycles. The van der Waals surface area contributed by atoms with Crippen molar-refractivity contribution in [2.24, 2.45) is 0 Å². The van der Waals surface area contributed by atoms with Gasteiger partial charge in [-0.3, -0.25) is 4.79 Å². The predicted molar refractivity (Wildman–Crippen MR) is 54.5 cm³/mol. The van der Waals surface area contributed by atoms with Crippen LogP contribution < -0.4 is 10.6 Å². The summed E-state index contributed by atoms with van der Waals surface area (Å²) in [4.78, 5) is 11.1. The number of hydrogen-bond donors (Lipinski definition) is 2. The lowest BCUT2D eigenvalue weighted by Gasteiger charge is -2.05. The maximum atomic E-state index is 11.1. The molecule has 0 saturated heterocycles. The molecule has 72 valence electrons. The first-order chi connectivity index (χ1) is 5.66. The molecule has 0 aliphatic heterocycles. The molecule has 0 unspecified atom stereocenters. The first-order valence-corrected chi connectivity index (χ1v) is 5.24. The van der Waals surface area contributed by atoms with E-state index in [-0.39, 0.29) is 5.91 Å². The van der Waals surface area contributed by atoms with Crippen LogP contribution in [0.15, 0.2) is 0 Å². The van der Waals surface area contributed by atoms with E-state index >= 15 is 0 Å². The number of hydrogen-bond acceptors (Lipinski definition) is 3. The smallest absolute Gasteiger partial charge is 0.230 e. The van der Waals surface area contributed by atoms with Gasteiger partial charge in [0, 0.05) is 13.1 Å². The summed E-state index contributed by atoms with van der Waals surface area (Å²) >= 11 is 1.66. The molecule has 3 nitrogen and oxygen atoms in total. The molecule has 12 heavy (non-hydrogen) atoms. The average Bonchev–Trinajstić information content (AvgIpc) is 2.01. The highest BCUT2D eigenvalue weighted by Gasteiger charge is 2.01. The number of thioether (sulfide) groups is 1. The molecule has 0 aliphatic rings. The maximum Gasteiger partial charge on any atom is 0.230 e. The van der Waals surface area contributed by atoms with E-state index in [2.05, 4.69) is 24.5 Å². The van der Waals surface area contributed by atoms with E-state index in [4.69, 9.17) is 0 Å². The lowest BCUT2D eigenvalue weighted by Crippen LogP contribution is -2.31. The minimum atomic E-state index is 0.129. The first-order valence-electron chi connectivity index (χ1n) is 4.19. The number of carbonyl (C=O) groups excluding carboxylic acids is 1. The monoisotopic (exact) mass is 190 g/mol. The highest BCUT2D eigenvalue weighted by molar-refractivity contribution is 8.00. The zero-order valence-corrected chi connectivity index (χ0v) is 8.83. The van der Waals surface area contributed by atoms with Crippen LogP contribution in [0.4, 0.5) is 0 Å². The molecule has 0 rings (SSSR count). The summed E-state index contributed by atoms with van der Waals surface area (Å²) in [5.41, 5.74) is 0. The summed E-state index contributed by atoms with van der Waals surface area (Å²) in [5, 5.41) is 6.31. The fourth-order valence-corrected chi connectivity index (χ4v) is 1.21. The molecule has 1 amide bonds.